The Hall–Kier alpha value is -3.08. The lowest BCUT2D eigenvalue weighted by atomic mass is 9.79. The summed E-state index contributed by atoms with van der Waals surface area (Å²) in [6, 6.07) is 12.0. The molecule has 0 radical (unpaired) electrons. The molecule has 0 saturated heterocycles. The SMILES string of the molecule is COc1cccc(-c2c[nH]cc2C(=O)NCC2CCC(c3ccncc3)CC2)c1. The molecule has 1 aromatic carbocycles. The zero-order valence-electron chi connectivity index (χ0n) is 16.7. The summed E-state index contributed by atoms with van der Waals surface area (Å²) in [5.74, 6) is 1.91. The number of H-pyrrole nitrogens is 1. The van der Waals surface area contributed by atoms with Crippen LogP contribution in [0.15, 0.2) is 61.2 Å². The fourth-order valence-corrected chi connectivity index (χ4v) is 4.25. The number of aromatic nitrogens is 2. The second-order valence-electron chi connectivity index (χ2n) is 7.72. The van der Waals surface area contributed by atoms with Gasteiger partial charge in [0.15, 0.2) is 0 Å². The standard InChI is InChI=1S/C24H27N3O2/c1-29-21-4-2-3-20(13-21)22-15-26-16-23(22)24(28)27-14-17-5-7-18(8-6-17)19-9-11-25-12-10-19/h2-4,9-13,15-18,26H,5-8,14H2,1H3,(H,27,28). The Bertz CT molecular complexity index is 944. The lowest BCUT2D eigenvalue weighted by Crippen LogP contribution is -2.31. The number of aromatic amines is 1. The van der Waals surface area contributed by atoms with Crippen molar-refractivity contribution in [3.63, 3.8) is 0 Å². The molecule has 1 saturated carbocycles. The van der Waals surface area contributed by atoms with E-state index in [-0.39, 0.29) is 5.91 Å². The van der Waals surface area contributed by atoms with Gasteiger partial charge in [-0.15, -0.1) is 0 Å². The Morgan fingerprint density at radius 3 is 2.69 bits per heavy atom. The van der Waals surface area contributed by atoms with Gasteiger partial charge in [0, 0.05) is 36.9 Å². The average Bonchev–Trinajstić information content (AvgIpc) is 3.29. The predicted octanol–water partition coefficient (Wildman–Crippen LogP) is 4.79. The Kier molecular flexibility index (Phi) is 5.94. The van der Waals surface area contributed by atoms with Gasteiger partial charge in [-0.2, -0.15) is 0 Å². The molecule has 2 aromatic heterocycles. The van der Waals surface area contributed by atoms with Crippen LogP contribution in [0.3, 0.4) is 0 Å². The van der Waals surface area contributed by atoms with Crippen LogP contribution in [0.4, 0.5) is 0 Å². The largest absolute Gasteiger partial charge is 0.497 e. The normalized spacial score (nSPS) is 18.9. The molecule has 0 unspecified atom stereocenters. The van der Waals surface area contributed by atoms with Gasteiger partial charge in [0.2, 0.25) is 0 Å². The van der Waals surface area contributed by atoms with Crippen molar-refractivity contribution >= 4 is 5.91 Å². The van der Waals surface area contributed by atoms with E-state index in [1.807, 2.05) is 42.9 Å². The van der Waals surface area contributed by atoms with E-state index in [2.05, 4.69) is 27.4 Å². The van der Waals surface area contributed by atoms with Crippen LogP contribution in [0.5, 0.6) is 5.75 Å². The number of carbonyl (C=O) groups excluding carboxylic acids is 1. The minimum atomic E-state index is -0.0275. The highest BCUT2D eigenvalue weighted by Gasteiger charge is 2.23. The third kappa shape index (κ3) is 4.50. The number of nitrogens with one attached hydrogen (secondary N) is 2. The van der Waals surface area contributed by atoms with Gasteiger partial charge < -0.3 is 15.0 Å². The van der Waals surface area contributed by atoms with E-state index in [1.165, 1.54) is 18.4 Å². The molecule has 1 aliphatic rings. The van der Waals surface area contributed by atoms with Gasteiger partial charge in [-0.25, -0.2) is 0 Å². The van der Waals surface area contributed by atoms with E-state index in [4.69, 9.17) is 4.74 Å². The second-order valence-corrected chi connectivity index (χ2v) is 7.72. The van der Waals surface area contributed by atoms with Crippen LogP contribution in [0, 0.1) is 5.92 Å². The lowest BCUT2D eigenvalue weighted by Gasteiger charge is -2.28. The summed E-state index contributed by atoms with van der Waals surface area (Å²) in [4.78, 5) is 20.0. The molecule has 0 spiro atoms. The van der Waals surface area contributed by atoms with E-state index >= 15 is 0 Å². The maximum atomic E-state index is 12.8. The number of ether oxygens (including phenoxy) is 1. The summed E-state index contributed by atoms with van der Waals surface area (Å²) in [5.41, 5.74) is 3.91. The van der Waals surface area contributed by atoms with Crippen LogP contribution in [-0.2, 0) is 0 Å². The highest BCUT2D eigenvalue weighted by Crippen LogP contribution is 2.35. The number of carbonyl (C=O) groups is 1. The number of hydrogen-bond acceptors (Lipinski definition) is 3. The molecule has 150 valence electrons. The summed E-state index contributed by atoms with van der Waals surface area (Å²) in [6.45, 7) is 0.727. The van der Waals surface area contributed by atoms with Gasteiger partial charge in [0.05, 0.1) is 12.7 Å². The molecule has 1 fully saturated rings. The molecule has 3 aromatic rings. The molecular formula is C24H27N3O2. The molecule has 2 heterocycles. The van der Waals surface area contributed by atoms with Crippen LogP contribution in [0.1, 0.15) is 47.5 Å². The molecule has 2 N–H and O–H groups in total. The van der Waals surface area contributed by atoms with Crippen LogP contribution in [0.25, 0.3) is 11.1 Å². The number of amides is 1. The topological polar surface area (TPSA) is 67.0 Å². The molecule has 5 heteroatoms. The van der Waals surface area contributed by atoms with Gasteiger partial charge >= 0.3 is 0 Å². The van der Waals surface area contributed by atoms with Gasteiger partial charge in [-0.05, 0) is 72.9 Å². The summed E-state index contributed by atoms with van der Waals surface area (Å²) < 4.78 is 5.31. The minimum Gasteiger partial charge on any atom is -0.497 e. The zero-order chi connectivity index (χ0) is 20.1. The molecular weight excluding hydrogens is 362 g/mol. The van der Waals surface area contributed by atoms with Crippen molar-refractivity contribution in [1.82, 2.24) is 15.3 Å². The molecule has 1 amide bonds. The van der Waals surface area contributed by atoms with Crippen molar-refractivity contribution in [2.75, 3.05) is 13.7 Å². The van der Waals surface area contributed by atoms with Crippen molar-refractivity contribution in [2.24, 2.45) is 5.92 Å². The second kappa shape index (κ2) is 8.95. The first-order valence-electron chi connectivity index (χ1n) is 10.2. The predicted molar refractivity (Wildman–Crippen MR) is 114 cm³/mol. The Morgan fingerprint density at radius 2 is 1.93 bits per heavy atom. The van der Waals surface area contributed by atoms with Crippen molar-refractivity contribution in [1.29, 1.82) is 0 Å². The van der Waals surface area contributed by atoms with Gasteiger partial charge in [-0.3, -0.25) is 9.78 Å². The fourth-order valence-electron chi connectivity index (χ4n) is 4.25. The first kappa shape index (κ1) is 19.2. The van der Waals surface area contributed by atoms with E-state index < -0.39 is 0 Å². The minimum absolute atomic E-state index is 0.0275. The number of benzene rings is 1. The number of nitrogens with zero attached hydrogens (tertiary/aromatic N) is 1. The van der Waals surface area contributed by atoms with Gasteiger partial charge in [-0.1, -0.05) is 12.1 Å². The summed E-state index contributed by atoms with van der Waals surface area (Å²) >= 11 is 0. The number of methoxy groups -OCH3 is 1. The van der Waals surface area contributed by atoms with Gasteiger partial charge in [0.25, 0.3) is 5.91 Å². The van der Waals surface area contributed by atoms with Crippen LogP contribution >= 0.6 is 0 Å². The smallest absolute Gasteiger partial charge is 0.253 e. The molecule has 1 aliphatic carbocycles. The lowest BCUT2D eigenvalue weighted by molar-refractivity contribution is 0.0943. The fraction of sp³-hybridized carbons (Fsp3) is 0.333. The van der Waals surface area contributed by atoms with Crippen LogP contribution in [0.2, 0.25) is 0 Å². The highest BCUT2D eigenvalue weighted by molar-refractivity contribution is 6.00. The Labute approximate surface area is 171 Å². The Morgan fingerprint density at radius 1 is 1.14 bits per heavy atom. The first-order valence-corrected chi connectivity index (χ1v) is 10.2. The molecule has 0 bridgehead atoms. The van der Waals surface area contributed by atoms with Crippen molar-refractivity contribution in [2.45, 2.75) is 31.6 Å². The highest BCUT2D eigenvalue weighted by atomic mass is 16.5. The van der Waals surface area contributed by atoms with E-state index in [9.17, 15) is 4.79 Å². The number of hydrogen-bond donors (Lipinski definition) is 2. The molecule has 5 nitrogen and oxygen atoms in total. The third-order valence-electron chi connectivity index (χ3n) is 5.95. The zero-order valence-corrected chi connectivity index (χ0v) is 16.7. The number of rotatable bonds is 6. The van der Waals surface area contributed by atoms with Crippen LogP contribution in [-0.4, -0.2) is 29.5 Å². The third-order valence-corrected chi connectivity index (χ3v) is 5.95. The molecule has 0 atom stereocenters. The number of pyridine rings is 1. The van der Waals surface area contributed by atoms with Crippen molar-refractivity contribution in [3.05, 3.63) is 72.3 Å². The quantitative estimate of drug-likeness (QED) is 0.637. The summed E-state index contributed by atoms with van der Waals surface area (Å²) in [6.07, 6.45) is 12.0. The van der Waals surface area contributed by atoms with E-state index in [1.54, 1.807) is 13.3 Å². The van der Waals surface area contributed by atoms with E-state index in [0.717, 1.165) is 36.3 Å². The monoisotopic (exact) mass is 389 g/mol. The van der Waals surface area contributed by atoms with Crippen LogP contribution < -0.4 is 10.1 Å². The summed E-state index contributed by atoms with van der Waals surface area (Å²) in [7, 11) is 1.65. The average molecular weight is 389 g/mol. The molecule has 4 rings (SSSR count). The molecule has 29 heavy (non-hydrogen) atoms. The molecule has 0 aliphatic heterocycles. The maximum Gasteiger partial charge on any atom is 0.253 e. The van der Waals surface area contributed by atoms with E-state index in [0.29, 0.717) is 17.4 Å². The van der Waals surface area contributed by atoms with Crippen molar-refractivity contribution < 1.29 is 9.53 Å². The van der Waals surface area contributed by atoms with Gasteiger partial charge in [0.1, 0.15) is 5.75 Å². The first-order chi connectivity index (χ1) is 14.2. The Balaban J connectivity index is 1.34. The van der Waals surface area contributed by atoms with Crippen molar-refractivity contribution in [3.8, 4) is 16.9 Å². The maximum absolute atomic E-state index is 12.8. The summed E-state index contributed by atoms with van der Waals surface area (Å²) in [5, 5.41) is 3.15.